The summed E-state index contributed by atoms with van der Waals surface area (Å²) < 4.78 is 11.8. The van der Waals surface area contributed by atoms with Crippen molar-refractivity contribution >= 4 is 0 Å². The fourth-order valence-corrected chi connectivity index (χ4v) is 0.236. The Labute approximate surface area is 52.2 Å². The van der Waals surface area contributed by atoms with Gasteiger partial charge in [0, 0.05) is 0 Å². The third-order valence-electron chi connectivity index (χ3n) is 0.693. The van der Waals surface area contributed by atoms with Gasteiger partial charge in [-0.1, -0.05) is 13.2 Å². The van der Waals surface area contributed by atoms with Crippen LogP contribution in [0.3, 0.4) is 0 Å². The number of rotatable bonds is 2. The maximum atomic E-state index is 11.8. The molecule has 0 aliphatic rings. The molecule has 0 heterocycles. The van der Waals surface area contributed by atoms with Crippen molar-refractivity contribution in [3.05, 3.63) is 36.6 Å². The van der Waals surface area contributed by atoms with Crippen molar-refractivity contribution in [2.45, 2.75) is 0 Å². The van der Waals surface area contributed by atoms with E-state index in [2.05, 4.69) is 13.2 Å². The summed E-state index contributed by atoms with van der Waals surface area (Å²) >= 11 is 0. The van der Waals surface area contributed by atoms with Crippen LogP contribution in [0, 0.1) is 0 Å². The molecule has 0 aromatic carbocycles. The molecule has 0 fully saturated rings. The molecule has 0 amide bonds. The summed E-state index contributed by atoms with van der Waals surface area (Å²) in [5.74, 6) is -2.56. The zero-order valence-electron chi connectivity index (χ0n) is 4.76. The molecular formula is C6H7FO2. The predicted molar refractivity (Wildman–Crippen MR) is 32.7 cm³/mol. The lowest BCUT2D eigenvalue weighted by molar-refractivity contribution is 0.328. The smallest absolute Gasteiger partial charge is 0.193 e. The van der Waals surface area contributed by atoms with Crippen LogP contribution in [-0.2, 0) is 0 Å². The van der Waals surface area contributed by atoms with Gasteiger partial charge < -0.3 is 10.2 Å². The van der Waals surface area contributed by atoms with Crippen LogP contribution in [0.1, 0.15) is 0 Å². The molecule has 3 heteroatoms. The summed E-state index contributed by atoms with van der Waals surface area (Å²) in [6.07, 6.45) is 0.917. The van der Waals surface area contributed by atoms with Gasteiger partial charge in [0.15, 0.2) is 17.3 Å². The van der Waals surface area contributed by atoms with Crippen molar-refractivity contribution in [2.24, 2.45) is 0 Å². The molecule has 0 aromatic heterocycles. The van der Waals surface area contributed by atoms with Crippen molar-refractivity contribution in [3.8, 4) is 0 Å². The summed E-state index contributed by atoms with van der Waals surface area (Å²) in [4.78, 5) is 0. The molecule has 0 aliphatic heterocycles. The van der Waals surface area contributed by atoms with Crippen LogP contribution >= 0.6 is 0 Å². The van der Waals surface area contributed by atoms with Gasteiger partial charge in [0.2, 0.25) is 0 Å². The number of hydrogen-bond donors (Lipinski definition) is 2. The molecule has 0 saturated heterocycles. The van der Waals surface area contributed by atoms with Crippen LogP contribution in [0.2, 0.25) is 0 Å². The van der Waals surface area contributed by atoms with Gasteiger partial charge in [-0.25, -0.2) is 4.39 Å². The van der Waals surface area contributed by atoms with E-state index < -0.39 is 17.3 Å². The largest absolute Gasteiger partial charge is 0.504 e. The second-order valence-electron chi connectivity index (χ2n) is 1.34. The Morgan fingerprint density at radius 1 is 1.44 bits per heavy atom. The van der Waals surface area contributed by atoms with Crippen molar-refractivity contribution in [3.63, 3.8) is 0 Å². The molecule has 0 aromatic rings. The second kappa shape index (κ2) is 2.91. The lowest BCUT2D eigenvalue weighted by atomic mass is 10.4. The van der Waals surface area contributed by atoms with Gasteiger partial charge >= 0.3 is 0 Å². The minimum atomic E-state index is -1.08. The Balaban J connectivity index is 4.47. The molecule has 2 N–H and O–H groups in total. The minimum Gasteiger partial charge on any atom is -0.504 e. The lowest BCUT2D eigenvalue weighted by Gasteiger charge is -1.94. The second-order valence-corrected chi connectivity index (χ2v) is 1.34. The highest BCUT2D eigenvalue weighted by Crippen LogP contribution is 2.08. The van der Waals surface area contributed by atoms with Gasteiger partial charge in [0.05, 0.1) is 0 Å². The monoisotopic (exact) mass is 130 g/mol. The fourth-order valence-electron chi connectivity index (χ4n) is 0.236. The third kappa shape index (κ3) is 1.99. The van der Waals surface area contributed by atoms with Crippen molar-refractivity contribution in [1.82, 2.24) is 0 Å². The van der Waals surface area contributed by atoms with Crippen LogP contribution in [0.4, 0.5) is 4.39 Å². The molecule has 9 heavy (non-hydrogen) atoms. The van der Waals surface area contributed by atoms with E-state index in [-0.39, 0.29) is 0 Å². The first-order valence-corrected chi connectivity index (χ1v) is 2.19. The van der Waals surface area contributed by atoms with Crippen LogP contribution in [-0.4, -0.2) is 10.2 Å². The molecule has 2 nitrogen and oxygen atoms in total. The molecule has 0 radical (unpaired) electrons. The van der Waals surface area contributed by atoms with Gasteiger partial charge in [-0.2, -0.15) is 0 Å². The zero-order valence-corrected chi connectivity index (χ0v) is 4.76. The quantitative estimate of drug-likeness (QED) is 0.443. The van der Waals surface area contributed by atoms with Gasteiger partial charge in [-0.15, -0.1) is 0 Å². The Bertz CT molecular complexity index is 170. The first-order valence-electron chi connectivity index (χ1n) is 2.19. The standard InChI is InChI=1S/C6H7FO2/c1-3-5(8)6(9)4(2)7/h3,8-9H,1-2H2/b6-5-. The maximum Gasteiger partial charge on any atom is 0.193 e. The van der Waals surface area contributed by atoms with E-state index in [0.717, 1.165) is 6.08 Å². The average Bonchev–Trinajstić information content (AvgIpc) is 1.84. The van der Waals surface area contributed by atoms with E-state index in [1.54, 1.807) is 0 Å². The van der Waals surface area contributed by atoms with Gasteiger partial charge in [0.25, 0.3) is 0 Å². The fraction of sp³-hybridized carbons (Fsp3) is 0. The molecule has 0 spiro atoms. The third-order valence-corrected chi connectivity index (χ3v) is 0.693. The molecule has 0 bridgehead atoms. The Morgan fingerprint density at radius 2 is 1.89 bits per heavy atom. The van der Waals surface area contributed by atoms with Crippen LogP contribution in [0.25, 0.3) is 0 Å². The lowest BCUT2D eigenvalue weighted by Crippen LogP contribution is -1.86. The van der Waals surface area contributed by atoms with Crippen molar-refractivity contribution < 1.29 is 14.6 Å². The maximum absolute atomic E-state index is 11.8. The minimum absolute atomic E-state index is 0.609. The highest BCUT2D eigenvalue weighted by Gasteiger charge is 2.02. The number of aliphatic hydroxyl groups is 2. The van der Waals surface area contributed by atoms with E-state index in [1.165, 1.54) is 0 Å². The molecule has 0 aliphatic carbocycles. The van der Waals surface area contributed by atoms with Gasteiger partial charge in [0.1, 0.15) is 0 Å². The Morgan fingerprint density at radius 3 is 2.00 bits per heavy atom. The predicted octanol–water partition coefficient (Wildman–Crippen LogP) is 1.98. The normalized spacial score (nSPS) is 12.1. The van der Waals surface area contributed by atoms with Crippen LogP contribution < -0.4 is 0 Å². The first-order chi connectivity index (χ1) is 4.09. The molecular weight excluding hydrogens is 123 g/mol. The number of aliphatic hydroxyl groups excluding tert-OH is 2. The van der Waals surface area contributed by atoms with E-state index in [0.29, 0.717) is 0 Å². The van der Waals surface area contributed by atoms with E-state index in [1.807, 2.05) is 0 Å². The topological polar surface area (TPSA) is 40.5 Å². The van der Waals surface area contributed by atoms with Gasteiger partial charge in [-0.05, 0) is 6.08 Å². The SMILES string of the molecule is C=C/C(O)=C(/O)C(=C)F. The highest BCUT2D eigenvalue weighted by molar-refractivity contribution is 5.23. The van der Waals surface area contributed by atoms with Crippen molar-refractivity contribution in [1.29, 1.82) is 0 Å². The van der Waals surface area contributed by atoms with Crippen LogP contribution in [0.15, 0.2) is 36.6 Å². The van der Waals surface area contributed by atoms with Crippen LogP contribution in [0.5, 0.6) is 0 Å². The molecule has 50 valence electrons. The molecule has 0 unspecified atom stereocenters. The molecule has 0 rings (SSSR count). The van der Waals surface area contributed by atoms with E-state index in [9.17, 15) is 4.39 Å². The highest BCUT2D eigenvalue weighted by atomic mass is 19.1. The molecule has 0 saturated carbocycles. The van der Waals surface area contributed by atoms with Gasteiger partial charge in [-0.3, -0.25) is 0 Å². The summed E-state index contributed by atoms with van der Waals surface area (Å²) in [6, 6.07) is 0. The van der Waals surface area contributed by atoms with Crippen molar-refractivity contribution in [2.75, 3.05) is 0 Å². The Hall–Kier alpha value is -1.25. The zero-order chi connectivity index (χ0) is 7.44. The summed E-state index contributed by atoms with van der Waals surface area (Å²) in [5.41, 5.74) is 0. The van der Waals surface area contributed by atoms with E-state index in [4.69, 9.17) is 10.2 Å². The summed E-state index contributed by atoms with van der Waals surface area (Å²) in [6.45, 7) is 5.83. The summed E-state index contributed by atoms with van der Waals surface area (Å²) in [7, 11) is 0. The van der Waals surface area contributed by atoms with E-state index >= 15 is 0 Å². The Kier molecular flexibility index (Phi) is 2.51. The average molecular weight is 130 g/mol. The molecule has 0 atom stereocenters. The number of allylic oxidation sites excluding steroid dienone is 2. The number of hydrogen-bond acceptors (Lipinski definition) is 2. The first kappa shape index (κ1) is 7.75. The number of halogens is 1. The summed E-state index contributed by atoms with van der Waals surface area (Å²) in [5, 5.41) is 17.0.